The Morgan fingerprint density at radius 1 is 1.29 bits per heavy atom. The summed E-state index contributed by atoms with van der Waals surface area (Å²) in [6.45, 7) is 3.43. The molecule has 1 aliphatic heterocycles. The molecular formula is C17H22N2O2. The number of hydrogen-bond donors (Lipinski definition) is 1. The fourth-order valence-electron chi connectivity index (χ4n) is 2.98. The van der Waals surface area contributed by atoms with Gasteiger partial charge >= 0.3 is 0 Å². The van der Waals surface area contributed by atoms with Crippen LogP contribution in [0.3, 0.4) is 0 Å². The van der Waals surface area contributed by atoms with E-state index in [-0.39, 0.29) is 0 Å². The Morgan fingerprint density at radius 2 is 2.05 bits per heavy atom. The number of benzene rings is 1. The van der Waals surface area contributed by atoms with Gasteiger partial charge in [0.15, 0.2) is 0 Å². The molecule has 0 aromatic heterocycles. The van der Waals surface area contributed by atoms with Crippen LogP contribution in [-0.2, 0) is 4.74 Å². The third-order valence-corrected chi connectivity index (χ3v) is 4.41. The second-order valence-corrected chi connectivity index (χ2v) is 6.16. The van der Waals surface area contributed by atoms with Gasteiger partial charge < -0.3 is 9.84 Å². The normalized spacial score (nSPS) is 23.2. The quantitative estimate of drug-likeness (QED) is 0.870. The number of aliphatic hydroxyl groups excluding tert-OH is 1. The highest BCUT2D eigenvalue weighted by atomic mass is 16.5. The molecule has 2 aliphatic rings. The minimum atomic E-state index is -0.485. The van der Waals surface area contributed by atoms with E-state index in [2.05, 4.69) is 11.0 Å². The van der Waals surface area contributed by atoms with Gasteiger partial charge in [-0.05, 0) is 42.9 Å². The van der Waals surface area contributed by atoms with E-state index in [4.69, 9.17) is 10.00 Å². The minimum Gasteiger partial charge on any atom is -0.387 e. The standard InChI is InChI=1S/C17H22N2O2/c18-9-13-1-3-15(4-2-13)17(20)11-19(16-5-6-16)10-14-7-8-21-12-14/h1-4,14,16-17,20H,5-8,10-12H2. The van der Waals surface area contributed by atoms with Gasteiger partial charge in [-0.2, -0.15) is 5.26 Å². The van der Waals surface area contributed by atoms with Crippen molar-refractivity contribution in [2.75, 3.05) is 26.3 Å². The van der Waals surface area contributed by atoms with Crippen LogP contribution in [-0.4, -0.2) is 42.4 Å². The number of rotatable bonds is 6. The Bertz CT molecular complexity index is 499. The Labute approximate surface area is 125 Å². The molecule has 21 heavy (non-hydrogen) atoms. The molecule has 4 nitrogen and oxygen atoms in total. The molecule has 112 valence electrons. The second kappa shape index (κ2) is 6.57. The van der Waals surface area contributed by atoms with Crippen molar-refractivity contribution in [3.8, 4) is 6.07 Å². The van der Waals surface area contributed by atoms with Gasteiger partial charge in [-0.15, -0.1) is 0 Å². The molecule has 2 unspecified atom stereocenters. The maximum absolute atomic E-state index is 10.4. The Hall–Kier alpha value is -1.41. The Morgan fingerprint density at radius 3 is 2.62 bits per heavy atom. The highest BCUT2D eigenvalue weighted by molar-refractivity contribution is 5.32. The van der Waals surface area contributed by atoms with E-state index >= 15 is 0 Å². The van der Waals surface area contributed by atoms with Crippen LogP contribution in [0.4, 0.5) is 0 Å². The summed E-state index contributed by atoms with van der Waals surface area (Å²) in [4.78, 5) is 2.42. The molecular weight excluding hydrogens is 264 g/mol. The predicted molar refractivity (Wildman–Crippen MR) is 79.6 cm³/mol. The first-order valence-electron chi connectivity index (χ1n) is 7.76. The van der Waals surface area contributed by atoms with Gasteiger partial charge in [0.25, 0.3) is 0 Å². The van der Waals surface area contributed by atoms with Crippen molar-refractivity contribution in [2.45, 2.75) is 31.4 Å². The summed E-state index contributed by atoms with van der Waals surface area (Å²) >= 11 is 0. The molecule has 4 heteroatoms. The lowest BCUT2D eigenvalue weighted by Gasteiger charge is -2.27. The van der Waals surface area contributed by atoms with E-state index in [1.807, 2.05) is 12.1 Å². The molecule has 1 N–H and O–H groups in total. The maximum Gasteiger partial charge on any atom is 0.0991 e. The first-order chi connectivity index (χ1) is 10.3. The van der Waals surface area contributed by atoms with Crippen molar-refractivity contribution in [3.63, 3.8) is 0 Å². The third-order valence-electron chi connectivity index (χ3n) is 4.41. The zero-order valence-electron chi connectivity index (χ0n) is 12.2. The van der Waals surface area contributed by atoms with Crippen LogP contribution in [0, 0.1) is 17.2 Å². The summed E-state index contributed by atoms with van der Waals surface area (Å²) in [5.74, 6) is 0.610. The van der Waals surface area contributed by atoms with Crippen LogP contribution < -0.4 is 0 Å². The summed E-state index contributed by atoms with van der Waals surface area (Å²) in [6.07, 6.45) is 3.14. The predicted octanol–water partition coefficient (Wildman–Crippen LogP) is 2.09. The van der Waals surface area contributed by atoms with E-state index in [0.29, 0.717) is 24.1 Å². The molecule has 2 fully saturated rings. The first-order valence-corrected chi connectivity index (χ1v) is 7.76. The summed E-state index contributed by atoms with van der Waals surface area (Å²) in [5, 5.41) is 19.3. The summed E-state index contributed by atoms with van der Waals surface area (Å²) in [5.41, 5.74) is 1.52. The smallest absolute Gasteiger partial charge is 0.0991 e. The fraction of sp³-hybridized carbons (Fsp3) is 0.588. The van der Waals surface area contributed by atoms with Crippen LogP contribution in [0.1, 0.15) is 36.5 Å². The van der Waals surface area contributed by atoms with E-state index < -0.39 is 6.10 Å². The number of ether oxygens (including phenoxy) is 1. The maximum atomic E-state index is 10.4. The van der Waals surface area contributed by atoms with Gasteiger partial charge in [0.2, 0.25) is 0 Å². The summed E-state index contributed by atoms with van der Waals surface area (Å²) < 4.78 is 5.45. The van der Waals surface area contributed by atoms with Crippen LogP contribution in [0.2, 0.25) is 0 Å². The van der Waals surface area contributed by atoms with Crippen LogP contribution in [0.5, 0.6) is 0 Å². The zero-order valence-corrected chi connectivity index (χ0v) is 12.2. The molecule has 0 spiro atoms. The van der Waals surface area contributed by atoms with Crippen molar-refractivity contribution < 1.29 is 9.84 Å². The highest BCUT2D eigenvalue weighted by Crippen LogP contribution is 2.30. The van der Waals surface area contributed by atoms with Gasteiger partial charge in [-0.3, -0.25) is 4.90 Å². The van der Waals surface area contributed by atoms with Crippen molar-refractivity contribution in [1.82, 2.24) is 4.90 Å². The zero-order chi connectivity index (χ0) is 14.7. The molecule has 1 aliphatic carbocycles. The van der Waals surface area contributed by atoms with Gasteiger partial charge in [0.05, 0.1) is 24.3 Å². The second-order valence-electron chi connectivity index (χ2n) is 6.16. The number of aliphatic hydroxyl groups is 1. The van der Waals surface area contributed by atoms with Gasteiger partial charge in [0.1, 0.15) is 0 Å². The minimum absolute atomic E-state index is 0.485. The van der Waals surface area contributed by atoms with E-state index in [1.165, 1.54) is 12.8 Å². The molecule has 1 saturated carbocycles. The average Bonchev–Trinajstić information content (AvgIpc) is 3.24. The van der Waals surface area contributed by atoms with Crippen molar-refractivity contribution in [3.05, 3.63) is 35.4 Å². The summed E-state index contributed by atoms with van der Waals surface area (Å²) in [7, 11) is 0. The largest absolute Gasteiger partial charge is 0.387 e. The van der Waals surface area contributed by atoms with Crippen molar-refractivity contribution in [1.29, 1.82) is 5.26 Å². The van der Waals surface area contributed by atoms with Crippen LogP contribution in [0.25, 0.3) is 0 Å². The lowest BCUT2D eigenvalue weighted by molar-refractivity contribution is 0.0940. The molecule has 1 heterocycles. The van der Waals surface area contributed by atoms with E-state index in [9.17, 15) is 5.11 Å². The molecule has 0 radical (unpaired) electrons. The van der Waals surface area contributed by atoms with Crippen molar-refractivity contribution >= 4 is 0 Å². The molecule has 1 aromatic carbocycles. The van der Waals surface area contributed by atoms with E-state index in [0.717, 1.165) is 31.7 Å². The monoisotopic (exact) mass is 286 g/mol. The van der Waals surface area contributed by atoms with Crippen LogP contribution in [0.15, 0.2) is 24.3 Å². The molecule has 1 saturated heterocycles. The van der Waals surface area contributed by atoms with E-state index in [1.54, 1.807) is 12.1 Å². The number of hydrogen-bond acceptors (Lipinski definition) is 4. The SMILES string of the molecule is N#Cc1ccc(C(O)CN(CC2CCOC2)C2CC2)cc1. The topological polar surface area (TPSA) is 56.5 Å². The van der Waals surface area contributed by atoms with Crippen LogP contribution >= 0.6 is 0 Å². The molecule has 2 atom stereocenters. The first kappa shape index (κ1) is 14.5. The fourth-order valence-corrected chi connectivity index (χ4v) is 2.98. The van der Waals surface area contributed by atoms with Gasteiger partial charge in [0, 0.05) is 25.7 Å². The number of nitrogens with zero attached hydrogens (tertiary/aromatic N) is 2. The van der Waals surface area contributed by atoms with Crippen molar-refractivity contribution in [2.24, 2.45) is 5.92 Å². The van der Waals surface area contributed by atoms with Gasteiger partial charge in [-0.1, -0.05) is 12.1 Å². The van der Waals surface area contributed by atoms with Gasteiger partial charge in [-0.25, -0.2) is 0 Å². The Kier molecular flexibility index (Phi) is 4.54. The lowest BCUT2D eigenvalue weighted by atomic mass is 10.0. The summed E-state index contributed by atoms with van der Waals surface area (Å²) in [6, 6.07) is 9.99. The number of nitriles is 1. The Balaban J connectivity index is 1.59. The molecule has 1 aromatic rings. The molecule has 3 rings (SSSR count). The molecule has 0 amide bonds. The average molecular weight is 286 g/mol. The molecule has 0 bridgehead atoms. The lowest BCUT2D eigenvalue weighted by Crippen LogP contribution is -2.35. The third kappa shape index (κ3) is 3.82. The highest BCUT2D eigenvalue weighted by Gasteiger charge is 2.32.